The van der Waals surface area contributed by atoms with Gasteiger partial charge in [0.1, 0.15) is 0 Å². The molecule has 1 saturated heterocycles. The number of urea groups is 1. The molecule has 2 amide bonds. The quantitative estimate of drug-likeness (QED) is 0.745. The number of nitrogens with zero attached hydrogens (tertiary/aromatic N) is 1. The van der Waals surface area contributed by atoms with E-state index in [2.05, 4.69) is 29.6 Å². The van der Waals surface area contributed by atoms with Gasteiger partial charge in [-0.05, 0) is 44.7 Å². The Labute approximate surface area is 108 Å². The highest BCUT2D eigenvalue weighted by molar-refractivity contribution is 5.78. The standard InChI is InChI=1S/C15H20N2O/c1-15(2,3)16-14(18)17-12-8-9-13(17)11-7-5-4-6-10(11)12/h4-7,12-13H,8-9H2,1-3H3,(H,16,18). The van der Waals surface area contributed by atoms with Gasteiger partial charge in [-0.3, -0.25) is 0 Å². The van der Waals surface area contributed by atoms with Crippen LogP contribution in [-0.2, 0) is 0 Å². The average Bonchev–Trinajstić information content (AvgIpc) is 2.83. The maximum Gasteiger partial charge on any atom is 0.318 e. The lowest BCUT2D eigenvalue weighted by Gasteiger charge is -2.28. The second kappa shape index (κ2) is 3.74. The van der Waals surface area contributed by atoms with E-state index in [1.54, 1.807) is 0 Å². The molecule has 0 aliphatic carbocycles. The van der Waals surface area contributed by atoms with Crippen molar-refractivity contribution >= 4 is 6.03 Å². The topological polar surface area (TPSA) is 32.3 Å². The maximum absolute atomic E-state index is 12.4. The van der Waals surface area contributed by atoms with E-state index < -0.39 is 0 Å². The predicted molar refractivity (Wildman–Crippen MR) is 71.3 cm³/mol. The molecule has 0 radical (unpaired) electrons. The van der Waals surface area contributed by atoms with Gasteiger partial charge >= 0.3 is 6.03 Å². The summed E-state index contributed by atoms with van der Waals surface area (Å²) in [5.74, 6) is 0. The molecule has 2 heterocycles. The van der Waals surface area contributed by atoms with Gasteiger partial charge in [-0.2, -0.15) is 0 Å². The van der Waals surface area contributed by atoms with E-state index in [1.807, 2.05) is 25.7 Å². The van der Waals surface area contributed by atoms with Gasteiger partial charge in [0.2, 0.25) is 0 Å². The number of rotatable bonds is 0. The highest BCUT2D eigenvalue weighted by atomic mass is 16.2. The Hall–Kier alpha value is -1.51. The van der Waals surface area contributed by atoms with Crippen molar-refractivity contribution in [1.82, 2.24) is 10.2 Å². The first-order valence-electron chi connectivity index (χ1n) is 6.67. The minimum atomic E-state index is -0.175. The zero-order chi connectivity index (χ0) is 12.9. The molecule has 1 aromatic rings. The molecule has 96 valence electrons. The number of hydrogen-bond acceptors (Lipinski definition) is 1. The lowest BCUT2D eigenvalue weighted by Crippen LogP contribution is -2.47. The lowest BCUT2D eigenvalue weighted by atomic mass is 9.92. The van der Waals surface area contributed by atoms with Crippen LogP contribution in [0.25, 0.3) is 0 Å². The van der Waals surface area contributed by atoms with Crippen molar-refractivity contribution < 1.29 is 4.79 Å². The Kier molecular flexibility index (Phi) is 2.40. The summed E-state index contributed by atoms with van der Waals surface area (Å²) in [6.45, 7) is 6.07. The number of carbonyl (C=O) groups is 1. The van der Waals surface area contributed by atoms with Crippen molar-refractivity contribution in [3.63, 3.8) is 0 Å². The van der Waals surface area contributed by atoms with Crippen LogP contribution in [-0.4, -0.2) is 16.5 Å². The van der Waals surface area contributed by atoms with Crippen molar-refractivity contribution in [2.45, 2.75) is 51.2 Å². The van der Waals surface area contributed by atoms with Crippen LogP contribution in [0.1, 0.15) is 56.8 Å². The van der Waals surface area contributed by atoms with Crippen molar-refractivity contribution in [2.24, 2.45) is 0 Å². The van der Waals surface area contributed by atoms with Crippen LogP contribution >= 0.6 is 0 Å². The van der Waals surface area contributed by atoms with E-state index >= 15 is 0 Å². The fraction of sp³-hybridized carbons (Fsp3) is 0.533. The molecule has 18 heavy (non-hydrogen) atoms. The Morgan fingerprint density at radius 1 is 1.17 bits per heavy atom. The van der Waals surface area contributed by atoms with Gasteiger partial charge in [0.25, 0.3) is 0 Å². The van der Waals surface area contributed by atoms with Crippen molar-refractivity contribution in [3.05, 3.63) is 35.4 Å². The molecule has 3 nitrogen and oxygen atoms in total. The van der Waals surface area contributed by atoms with Crippen LogP contribution < -0.4 is 5.32 Å². The van der Waals surface area contributed by atoms with Crippen LogP contribution in [0.15, 0.2) is 24.3 Å². The fourth-order valence-corrected chi connectivity index (χ4v) is 3.21. The largest absolute Gasteiger partial charge is 0.333 e. The highest BCUT2D eigenvalue weighted by Crippen LogP contribution is 2.52. The fourth-order valence-electron chi connectivity index (χ4n) is 3.21. The molecule has 0 aromatic heterocycles. The lowest BCUT2D eigenvalue weighted by molar-refractivity contribution is 0.174. The second-order valence-corrected chi connectivity index (χ2v) is 6.33. The van der Waals surface area contributed by atoms with Crippen LogP contribution in [0.3, 0.4) is 0 Å². The number of amides is 2. The van der Waals surface area contributed by atoms with Crippen LogP contribution in [0, 0.1) is 0 Å². The monoisotopic (exact) mass is 244 g/mol. The summed E-state index contributed by atoms with van der Waals surface area (Å²) < 4.78 is 0. The summed E-state index contributed by atoms with van der Waals surface area (Å²) in [6.07, 6.45) is 2.19. The Balaban J connectivity index is 1.88. The Morgan fingerprint density at radius 2 is 1.67 bits per heavy atom. The molecule has 2 bridgehead atoms. The van der Waals surface area contributed by atoms with Gasteiger partial charge in [0, 0.05) is 5.54 Å². The van der Waals surface area contributed by atoms with E-state index in [1.165, 1.54) is 11.1 Å². The number of nitrogens with one attached hydrogen (secondary N) is 1. The molecular weight excluding hydrogens is 224 g/mol. The van der Waals surface area contributed by atoms with Crippen LogP contribution in [0.2, 0.25) is 0 Å². The first-order chi connectivity index (χ1) is 8.47. The van der Waals surface area contributed by atoms with Gasteiger partial charge in [-0.15, -0.1) is 0 Å². The van der Waals surface area contributed by atoms with Gasteiger partial charge in [-0.25, -0.2) is 4.79 Å². The summed E-state index contributed by atoms with van der Waals surface area (Å²) >= 11 is 0. The van der Waals surface area contributed by atoms with Gasteiger partial charge in [0.05, 0.1) is 12.1 Å². The molecule has 1 aromatic carbocycles. The summed E-state index contributed by atoms with van der Waals surface area (Å²) in [4.78, 5) is 14.4. The molecule has 3 rings (SSSR count). The molecule has 2 aliphatic heterocycles. The summed E-state index contributed by atoms with van der Waals surface area (Å²) in [7, 11) is 0. The van der Waals surface area contributed by atoms with E-state index in [0.717, 1.165) is 12.8 Å². The average molecular weight is 244 g/mol. The van der Waals surface area contributed by atoms with Crippen molar-refractivity contribution in [1.29, 1.82) is 0 Å². The summed E-state index contributed by atoms with van der Waals surface area (Å²) in [5, 5.41) is 3.08. The molecule has 3 heteroatoms. The number of hydrogen-bond donors (Lipinski definition) is 1. The van der Waals surface area contributed by atoms with Crippen molar-refractivity contribution in [2.75, 3.05) is 0 Å². The van der Waals surface area contributed by atoms with Gasteiger partial charge < -0.3 is 10.2 Å². The molecule has 2 aliphatic rings. The van der Waals surface area contributed by atoms with Crippen molar-refractivity contribution in [3.8, 4) is 0 Å². The molecule has 0 spiro atoms. The van der Waals surface area contributed by atoms with Gasteiger partial charge in [0.15, 0.2) is 0 Å². The normalized spacial score (nSPS) is 25.2. The smallest absolute Gasteiger partial charge is 0.318 e. The third-order valence-electron chi connectivity index (χ3n) is 3.82. The first-order valence-corrected chi connectivity index (χ1v) is 6.67. The molecule has 1 fully saturated rings. The predicted octanol–water partition coefficient (Wildman–Crippen LogP) is 3.39. The molecule has 0 saturated carbocycles. The highest BCUT2D eigenvalue weighted by Gasteiger charge is 2.46. The molecule has 2 unspecified atom stereocenters. The van der Waals surface area contributed by atoms with E-state index in [-0.39, 0.29) is 23.7 Å². The maximum atomic E-state index is 12.4. The van der Waals surface area contributed by atoms with Crippen LogP contribution in [0.4, 0.5) is 4.79 Å². The first kappa shape index (κ1) is 11.6. The molecule has 1 N–H and O–H groups in total. The number of carbonyl (C=O) groups excluding carboxylic acids is 1. The third-order valence-corrected chi connectivity index (χ3v) is 3.82. The minimum Gasteiger partial charge on any atom is -0.333 e. The van der Waals surface area contributed by atoms with Crippen LogP contribution in [0.5, 0.6) is 0 Å². The Morgan fingerprint density at radius 3 is 2.11 bits per heavy atom. The Bertz CT molecular complexity index is 459. The van der Waals surface area contributed by atoms with E-state index in [9.17, 15) is 4.79 Å². The zero-order valence-corrected chi connectivity index (χ0v) is 11.2. The summed E-state index contributed by atoms with van der Waals surface area (Å²) in [5.41, 5.74) is 2.52. The third kappa shape index (κ3) is 1.69. The number of benzene rings is 1. The number of fused-ring (bicyclic) bond motifs is 5. The second-order valence-electron chi connectivity index (χ2n) is 6.33. The SMILES string of the molecule is CC(C)(C)NC(=O)N1C2CCC1c1ccccc12. The van der Waals surface area contributed by atoms with E-state index in [0.29, 0.717) is 0 Å². The zero-order valence-electron chi connectivity index (χ0n) is 11.2. The van der Waals surface area contributed by atoms with E-state index in [4.69, 9.17) is 0 Å². The molecular formula is C15H20N2O. The minimum absolute atomic E-state index is 0.0752. The summed E-state index contributed by atoms with van der Waals surface area (Å²) in [6, 6.07) is 9.11. The molecule has 2 atom stereocenters. The van der Waals surface area contributed by atoms with Gasteiger partial charge in [-0.1, -0.05) is 24.3 Å².